The zero-order valence-electron chi connectivity index (χ0n) is 8.63. The van der Waals surface area contributed by atoms with E-state index >= 15 is 0 Å². The van der Waals surface area contributed by atoms with Gasteiger partial charge in [-0.25, -0.2) is 5.43 Å². The van der Waals surface area contributed by atoms with Crippen LogP contribution in [0.5, 0.6) is 0 Å². The summed E-state index contributed by atoms with van der Waals surface area (Å²) in [6, 6.07) is 5.15. The van der Waals surface area contributed by atoms with Gasteiger partial charge in [0.15, 0.2) is 0 Å². The van der Waals surface area contributed by atoms with Gasteiger partial charge in [-0.3, -0.25) is 9.78 Å². The maximum atomic E-state index is 11.5. The molecule has 4 nitrogen and oxygen atoms in total. The lowest BCUT2D eigenvalue weighted by Crippen LogP contribution is -2.18. The van der Waals surface area contributed by atoms with Crippen LogP contribution in [0, 0.1) is 0 Å². The highest BCUT2D eigenvalue weighted by Gasteiger charge is 2.03. The van der Waals surface area contributed by atoms with Crippen molar-refractivity contribution in [1.82, 2.24) is 10.4 Å². The molecular formula is C12H11N3O. The maximum absolute atomic E-state index is 11.5. The van der Waals surface area contributed by atoms with E-state index in [2.05, 4.69) is 15.5 Å². The number of hydrogen-bond acceptors (Lipinski definition) is 3. The Labute approximate surface area is 93.4 Å². The molecule has 1 aliphatic carbocycles. The second kappa shape index (κ2) is 5.02. The molecule has 0 fully saturated rings. The highest BCUT2D eigenvalue weighted by molar-refractivity contribution is 5.93. The topological polar surface area (TPSA) is 54.4 Å². The minimum atomic E-state index is -0.306. The van der Waals surface area contributed by atoms with Crippen LogP contribution in [0.25, 0.3) is 0 Å². The third-order valence-electron chi connectivity index (χ3n) is 2.08. The van der Waals surface area contributed by atoms with Crippen molar-refractivity contribution in [1.29, 1.82) is 0 Å². The highest BCUT2D eigenvalue weighted by Crippen LogP contribution is 2.05. The van der Waals surface area contributed by atoms with Crippen molar-refractivity contribution in [2.45, 2.75) is 6.42 Å². The van der Waals surface area contributed by atoms with Gasteiger partial charge in [0.1, 0.15) is 5.69 Å². The molecule has 1 aliphatic rings. The van der Waals surface area contributed by atoms with E-state index in [0.717, 1.165) is 12.0 Å². The summed E-state index contributed by atoms with van der Waals surface area (Å²) in [6.07, 6.45) is 10.1. The summed E-state index contributed by atoms with van der Waals surface area (Å²) in [6.45, 7) is 0. The lowest BCUT2D eigenvalue weighted by atomic mass is 10.3. The smallest absolute Gasteiger partial charge is 0.266 e. The molecule has 0 bridgehead atoms. The molecule has 0 aromatic carbocycles. The molecular weight excluding hydrogens is 202 g/mol. The molecule has 0 radical (unpaired) electrons. The number of rotatable bonds is 3. The number of amides is 1. The highest BCUT2D eigenvalue weighted by atomic mass is 16.2. The molecule has 1 amide bonds. The summed E-state index contributed by atoms with van der Waals surface area (Å²) in [7, 11) is 0. The van der Waals surface area contributed by atoms with E-state index in [1.165, 1.54) is 0 Å². The van der Waals surface area contributed by atoms with Crippen LogP contribution < -0.4 is 5.43 Å². The molecule has 4 heteroatoms. The number of hydrazone groups is 1. The molecule has 80 valence electrons. The Morgan fingerprint density at radius 2 is 2.44 bits per heavy atom. The lowest BCUT2D eigenvalue weighted by Gasteiger charge is -1.97. The summed E-state index contributed by atoms with van der Waals surface area (Å²) in [4.78, 5) is 15.4. The standard InChI is InChI=1S/C12H11N3O/c16-12(11-7-3-4-8-13-11)15-14-9-10-5-1-2-6-10/h1,3-9H,2H2,(H,15,16)/b14-9+. The summed E-state index contributed by atoms with van der Waals surface area (Å²) in [5, 5.41) is 3.85. The van der Waals surface area contributed by atoms with Crippen LogP contribution in [0.2, 0.25) is 0 Å². The Morgan fingerprint density at radius 1 is 1.50 bits per heavy atom. The Balaban J connectivity index is 1.91. The van der Waals surface area contributed by atoms with Gasteiger partial charge >= 0.3 is 0 Å². The van der Waals surface area contributed by atoms with Gasteiger partial charge in [0.05, 0.1) is 6.21 Å². The normalized spacial score (nSPS) is 14.1. The van der Waals surface area contributed by atoms with Crippen LogP contribution in [0.15, 0.2) is 53.3 Å². The number of nitrogens with one attached hydrogen (secondary N) is 1. The minimum absolute atomic E-state index is 0.306. The van der Waals surface area contributed by atoms with Crippen molar-refractivity contribution in [3.05, 3.63) is 53.9 Å². The first-order chi connectivity index (χ1) is 7.86. The monoisotopic (exact) mass is 213 g/mol. The lowest BCUT2D eigenvalue weighted by molar-refractivity contribution is 0.0950. The van der Waals surface area contributed by atoms with E-state index < -0.39 is 0 Å². The molecule has 1 heterocycles. The van der Waals surface area contributed by atoms with Crippen molar-refractivity contribution in [2.75, 3.05) is 0 Å². The number of carbonyl (C=O) groups excluding carboxylic acids is 1. The number of nitrogens with zero attached hydrogens (tertiary/aromatic N) is 2. The van der Waals surface area contributed by atoms with Crippen molar-refractivity contribution in [3.63, 3.8) is 0 Å². The molecule has 2 rings (SSSR count). The Morgan fingerprint density at radius 3 is 3.12 bits per heavy atom. The van der Waals surface area contributed by atoms with Gasteiger partial charge in [-0.15, -0.1) is 0 Å². The molecule has 0 saturated carbocycles. The second-order valence-corrected chi connectivity index (χ2v) is 3.26. The van der Waals surface area contributed by atoms with Crippen molar-refractivity contribution in [2.24, 2.45) is 5.10 Å². The van der Waals surface area contributed by atoms with Gasteiger partial charge in [0, 0.05) is 6.20 Å². The SMILES string of the molecule is O=C(N/N=C/C1=CCC=C1)c1ccccn1. The van der Waals surface area contributed by atoms with Crippen LogP contribution in [-0.2, 0) is 0 Å². The van der Waals surface area contributed by atoms with Crippen molar-refractivity contribution < 1.29 is 4.79 Å². The second-order valence-electron chi connectivity index (χ2n) is 3.26. The predicted molar refractivity (Wildman–Crippen MR) is 62.0 cm³/mol. The third-order valence-corrected chi connectivity index (χ3v) is 2.08. The fraction of sp³-hybridized carbons (Fsp3) is 0.0833. The fourth-order valence-corrected chi connectivity index (χ4v) is 1.29. The van der Waals surface area contributed by atoms with Gasteiger partial charge in [-0.2, -0.15) is 5.10 Å². The number of carbonyl (C=O) groups is 1. The van der Waals surface area contributed by atoms with E-state index in [0.29, 0.717) is 5.69 Å². The van der Waals surface area contributed by atoms with Crippen LogP contribution in [0.4, 0.5) is 0 Å². The molecule has 0 saturated heterocycles. The summed E-state index contributed by atoms with van der Waals surface area (Å²) in [5.74, 6) is -0.306. The van der Waals surface area contributed by atoms with Crippen LogP contribution >= 0.6 is 0 Å². The summed E-state index contributed by atoms with van der Waals surface area (Å²) >= 11 is 0. The van der Waals surface area contributed by atoms with Gasteiger partial charge < -0.3 is 0 Å². The number of aromatic nitrogens is 1. The first-order valence-corrected chi connectivity index (χ1v) is 4.97. The number of hydrogen-bond donors (Lipinski definition) is 1. The Hall–Kier alpha value is -2.23. The molecule has 1 N–H and O–H groups in total. The average molecular weight is 213 g/mol. The molecule has 0 unspecified atom stereocenters. The Bertz CT molecular complexity index is 460. The van der Waals surface area contributed by atoms with E-state index in [4.69, 9.17) is 0 Å². The quantitative estimate of drug-likeness (QED) is 0.613. The van der Waals surface area contributed by atoms with Crippen LogP contribution in [-0.4, -0.2) is 17.1 Å². The first kappa shape index (κ1) is 10.3. The molecule has 16 heavy (non-hydrogen) atoms. The molecule has 0 atom stereocenters. The van der Waals surface area contributed by atoms with Gasteiger partial charge in [0.2, 0.25) is 0 Å². The van der Waals surface area contributed by atoms with Crippen molar-refractivity contribution in [3.8, 4) is 0 Å². The maximum Gasteiger partial charge on any atom is 0.289 e. The summed E-state index contributed by atoms with van der Waals surface area (Å²) in [5.41, 5.74) is 3.78. The molecule has 1 aromatic rings. The first-order valence-electron chi connectivity index (χ1n) is 4.97. The van der Waals surface area contributed by atoms with Gasteiger partial charge in [0.25, 0.3) is 5.91 Å². The van der Waals surface area contributed by atoms with Crippen LogP contribution in [0.1, 0.15) is 16.9 Å². The van der Waals surface area contributed by atoms with Gasteiger partial charge in [-0.1, -0.05) is 24.3 Å². The van der Waals surface area contributed by atoms with Crippen LogP contribution in [0.3, 0.4) is 0 Å². The van der Waals surface area contributed by atoms with Gasteiger partial charge in [-0.05, 0) is 24.1 Å². The fourth-order valence-electron chi connectivity index (χ4n) is 1.29. The zero-order valence-corrected chi connectivity index (χ0v) is 8.63. The largest absolute Gasteiger partial charge is 0.289 e. The average Bonchev–Trinajstić information content (AvgIpc) is 2.83. The molecule has 1 aromatic heterocycles. The molecule has 0 aliphatic heterocycles. The summed E-state index contributed by atoms with van der Waals surface area (Å²) < 4.78 is 0. The van der Waals surface area contributed by atoms with E-state index in [1.807, 2.05) is 18.2 Å². The molecule has 0 spiro atoms. The van der Waals surface area contributed by atoms with E-state index in [1.54, 1.807) is 30.6 Å². The van der Waals surface area contributed by atoms with Crippen molar-refractivity contribution >= 4 is 12.1 Å². The van der Waals surface area contributed by atoms with E-state index in [-0.39, 0.29) is 5.91 Å². The van der Waals surface area contributed by atoms with E-state index in [9.17, 15) is 4.79 Å². The Kier molecular flexibility index (Phi) is 3.23. The third kappa shape index (κ3) is 2.63. The zero-order chi connectivity index (χ0) is 11.2. The number of allylic oxidation sites excluding steroid dienone is 4. The number of pyridine rings is 1. The predicted octanol–water partition coefficient (Wildman–Crippen LogP) is 1.68. The minimum Gasteiger partial charge on any atom is -0.266 e.